The van der Waals surface area contributed by atoms with Crippen LogP contribution in [0.25, 0.3) is 0 Å². The Bertz CT molecular complexity index is 194. The van der Waals surface area contributed by atoms with E-state index in [1.165, 1.54) is 32.1 Å². The number of cyclic esters (lactones) is 1. The van der Waals surface area contributed by atoms with Crippen LogP contribution in [0.2, 0.25) is 0 Å². The fourth-order valence-electron chi connectivity index (χ4n) is 1.94. The molecule has 0 N–H and O–H groups in total. The Labute approximate surface area is 97.3 Å². The molecule has 1 heterocycles. The molecule has 2 atom stereocenters. The smallest absolute Gasteiger partial charge is 0.324 e. The SMILES string of the molecule is CCCCCCCC[C@@H]1C[C@@H](Cl)C(=O)O1. The van der Waals surface area contributed by atoms with Crippen LogP contribution in [-0.2, 0) is 9.53 Å². The summed E-state index contributed by atoms with van der Waals surface area (Å²) in [6.45, 7) is 2.22. The van der Waals surface area contributed by atoms with Crippen molar-refractivity contribution in [1.29, 1.82) is 0 Å². The van der Waals surface area contributed by atoms with E-state index in [9.17, 15) is 4.79 Å². The maximum Gasteiger partial charge on any atom is 0.324 e. The molecule has 3 heteroatoms. The Kier molecular flexibility index (Phi) is 6.07. The molecule has 2 nitrogen and oxygen atoms in total. The quantitative estimate of drug-likeness (QED) is 0.380. The van der Waals surface area contributed by atoms with Crippen LogP contribution in [0.3, 0.4) is 0 Å². The highest BCUT2D eigenvalue weighted by Gasteiger charge is 2.31. The zero-order chi connectivity index (χ0) is 11.1. The number of carbonyl (C=O) groups is 1. The van der Waals surface area contributed by atoms with Crippen molar-refractivity contribution in [2.45, 2.75) is 69.8 Å². The first-order chi connectivity index (χ1) is 7.24. The number of rotatable bonds is 7. The van der Waals surface area contributed by atoms with Crippen molar-refractivity contribution in [3.63, 3.8) is 0 Å². The first kappa shape index (κ1) is 12.8. The van der Waals surface area contributed by atoms with Crippen LogP contribution < -0.4 is 0 Å². The third-order valence-electron chi connectivity index (χ3n) is 2.89. The van der Waals surface area contributed by atoms with Gasteiger partial charge in [-0.05, 0) is 12.8 Å². The molecule has 1 aliphatic rings. The summed E-state index contributed by atoms with van der Waals surface area (Å²) in [4.78, 5) is 11.0. The number of hydrogen-bond donors (Lipinski definition) is 0. The molecule has 0 bridgehead atoms. The fraction of sp³-hybridized carbons (Fsp3) is 0.917. The Morgan fingerprint density at radius 1 is 1.27 bits per heavy atom. The second kappa shape index (κ2) is 7.10. The molecule has 0 amide bonds. The van der Waals surface area contributed by atoms with Gasteiger partial charge in [-0.2, -0.15) is 0 Å². The summed E-state index contributed by atoms with van der Waals surface area (Å²) in [5.74, 6) is -0.229. The Morgan fingerprint density at radius 3 is 2.53 bits per heavy atom. The Balaban J connectivity index is 1.95. The first-order valence-electron chi connectivity index (χ1n) is 6.08. The minimum atomic E-state index is -0.393. The number of alkyl halides is 1. The minimum absolute atomic E-state index is 0.0891. The van der Waals surface area contributed by atoms with Crippen LogP contribution in [0.4, 0.5) is 0 Å². The molecule has 0 spiro atoms. The monoisotopic (exact) mass is 232 g/mol. The summed E-state index contributed by atoms with van der Waals surface area (Å²) in [7, 11) is 0. The maximum atomic E-state index is 11.0. The molecular weight excluding hydrogens is 212 g/mol. The van der Waals surface area contributed by atoms with Gasteiger partial charge in [0.15, 0.2) is 0 Å². The number of esters is 1. The molecule has 1 rings (SSSR count). The van der Waals surface area contributed by atoms with Crippen molar-refractivity contribution >= 4 is 17.6 Å². The molecule has 0 unspecified atom stereocenters. The van der Waals surface area contributed by atoms with E-state index in [4.69, 9.17) is 16.3 Å². The van der Waals surface area contributed by atoms with Gasteiger partial charge < -0.3 is 4.74 Å². The average molecular weight is 233 g/mol. The predicted octanol–water partition coefficient (Wildman–Crippen LogP) is 3.66. The molecule has 1 saturated heterocycles. The molecule has 15 heavy (non-hydrogen) atoms. The van der Waals surface area contributed by atoms with Crippen molar-refractivity contribution in [2.75, 3.05) is 0 Å². The Morgan fingerprint density at radius 2 is 1.93 bits per heavy atom. The standard InChI is InChI=1S/C12H21ClO2/c1-2-3-4-5-6-7-8-10-9-11(13)12(14)15-10/h10-11H,2-9H2,1H3/t10-,11-/m1/s1. The van der Waals surface area contributed by atoms with E-state index in [-0.39, 0.29) is 12.1 Å². The molecule has 0 aromatic carbocycles. The molecule has 1 fully saturated rings. The highest BCUT2D eigenvalue weighted by atomic mass is 35.5. The van der Waals surface area contributed by atoms with Crippen molar-refractivity contribution in [2.24, 2.45) is 0 Å². The van der Waals surface area contributed by atoms with Crippen molar-refractivity contribution in [3.05, 3.63) is 0 Å². The molecular formula is C12H21ClO2. The third-order valence-corrected chi connectivity index (χ3v) is 3.24. The minimum Gasteiger partial charge on any atom is -0.461 e. The van der Waals surface area contributed by atoms with Gasteiger partial charge in [0.1, 0.15) is 11.5 Å². The van der Waals surface area contributed by atoms with Crippen LogP contribution in [0, 0.1) is 0 Å². The molecule has 88 valence electrons. The zero-order valence-corrected chi connectivity index (χ0v) is 10.3. The highest BCUT2D eigenvalue weighted by molar-refractivity contribution is 6.30. The second-order valence-electron chi connectivity index (χ2n) is 4.32. The number of ether oxygens (including phenoxy) is 1. The topological polar surface area (TPSA) is 26.3 Å². The predicted molar refractivity (Wildman–Crippen MR) is 62.1 cm³/mol. The van der Waals surface area contributed by atoms with Crippen LogP contribution in [0.5, 0.6) is 0 Å². The Hall–Kier alpha value is -0.240. The van der Waals surface area contributed by atoms with Crippen LogP contribution >= 0.6 is 11.6 Å². The van der Waals surface area contributed by atoms with E-state index < -0.39 is 5.38 Å². The zero-order valence-electron chi connectivity index (χ0n) is 9.51. The van der Waals surface area contributed by atoms with Crippen LogP contribution in [0.15, 0.2) is 0 Å². The van der Waals surface area contributed by atoms with Gasteiger partial charge in [-0.1, -0.05) is 39.0 Å². The summed E-state index contributed by atoms with van der Waals surface area (Å²) in [6.07, 6.45) is 9.45. The molecule has 0 saturated carbocycles. The number of carbonyl (C=O) groups excluding carboxylic acids is 1. The largest absolute Gasteiger partial charge is 0.461 e. The van der Waals surface area contributed by atoms with Gasteiger partial charge in [0, 0.05) is 6.42 Å². The lowest BCUT2D eigenvalue weighted by Crippen LogP contribution is -2.06. The third kappa shape index (κ3) is 4.87. The summed E-state index contributed by atoms with van der Waals surface area (Å²) in [6, 6.07) is 0. The van der Waals surface area contributed by atoms with Gasteiger partial charge in [0.2, 0.25) is 0 Å². The number of hydrogen-bond acceptors (Lipinski definition) is 2. The lowest BCUT2D eigenvalue weighted by atomic mass is 10.1. The summed E-state index contributed by atoms with van der Waals surface area (Å²) in [5, 5.41) is -0.393. The van der Waals surface area contributed by atoms with Gasteiger partial charge in [0.05, 0.1) is 0 Å². The lowest BCUT2D eigenvalue weighted by Gasteiger charge is -2.07. The van der Waals surface area contributed by atoms with Crippen molar-refractivity contribution in [1.82, 2.24) is 0 Å². The van der Waals surface area contributed by atoms with Crippen molar-refractivity contribution in [3.8, 4) is 0 Å². The van der Waals surface area contributed by atoms with Gasteiger partial charge in [-0.3, -0.25) is 4.79 Å². The summed E-state index contributed by atoms with van der Waals surface area (Å²) < 4.78 is 5.13. The highest BCUT2D eigenvalue weighted by Crippen LogP contribution is 2.23. The number of unbranched alkanes of at least 4 members (excludes halogenated alkanes) is 5. The van der Waals surface area contributed by atoms with E-state index in [1.54, 1.807) is 0 Å². The normalized spacial score (nSPS) is 25.6. The maximum absolute atomic E-state index is 11.0. The van der Waals surface area contributed by atoms with E-state index in [0.717, 1.165) is 12.8 Å². The van der Waals surface area contributed by atoms with E-state index in [0.29, 0.717) is 6.42 Å². The van der Waals surface area contributed by atoms with Gasteiger partial charge in [0.25, 0.3) is 0 Å². The molecule has 1 aliphatic heterocycles. The van der Waals surface area contributed by atoms with Crippen LogP contribution in [-0.4, -0.2) is 17.5 Å². The second-order valence-corrected chi connectivity index (χ2v) is 4.85. The van der Waals surface area contributed by atoms with Gasteiger partial charge >= 0.3 is 5.97 Å². The average Bonchev–Trinajstić information content (AvgIpc) is 2.52. The lowest BCUT2D eigenvalue weighted by molar-refractivity contribution is -0.141. The number of halogens is 1. The van der Waals surface area contributed by atoms with E-state index in [2.05, 4.69) is 6.92 Å². The van der Waals surface area contributed by atoms with Gasteiger partial charge in [-0.15, -0.1) is 11.6 Å². The summed E-state index contributed by atoms with van der Waals surface area (Å²) >= 11 is 5.76. The molecule has 0 aliphatic carbocycles. The molecule has 0 radical (unpaired) electrons. The van der Waals surface area contributed by atoms with E-state index in [1.807, 2.05) is 0 Å². The molecule has 0 aromatic heterocycles. The van der Waals surface area contributed by atoms with Crippen molar-refractivity contribution < 1.29 is 9.53 Å². The summed E-state index contributed by atoms with van der Waals surface area (Å²) in [5.41, 5.74) is 0. The van der Waals surface area contributed by atoms with Crippen LogP contribution in [0.1, 0.15) is 58.3 Å². The fourth-order valence-corrected chi connectivity index (χ4v) is 2.19. The molecule has 0 aromatic rings. The first-order valence-corrected chi connectivity index (χ1v) is 6.52. The van der Waals surface area contributed by atoms with Gasteiger partial charge in [-0.25, -0.2) is 0 Å². The van der Waals surface area contributed by atoms with E-state index >= 15 is 0 Å².